The number of carboxylic acid groups (broad SMARTS) is 1. The first-order valence-corrected chi connectivity index (χ1v) is 4.99. The lowest BCUT2D eigenvalue weighted by Crippen LogP contribution is -2.24. The highest BCUT2D eigenvalue weighted by Gasteiger charge is 2.01. The molecule has 0 aromatic rings. The number of guanidine groups is 1. The van der Waals surface area contributed by atoms with E-state index in [0.29, 0.717) is 6.42 Å². The third-order valence-corrected chi connectivity index (χ3v) is 2.34. The Kier molecular flexibility index (Phi) is 6.13. The molecule has 0 heterocycles. The SMILES string of the molecule is CC(N=C(N)N)SCCCC(=O)O. The molecule has 0 saturated heterocycles. The Labute approximate surface area is 81.6 Å². The average molecular weight is 205 g/mol. The number of nitrogens with two attached hydrogens (primary N) is 2. The van der Waals surface area contributed by atoms with Gasteiger partial charge in [-0.1, -0.05) is 0 Å². The molecule has 0 aliphatic carbocycles. The van der Waals surface area contributed by atoms with E-state index in [0.717, 1.165) is 5.75 Å². The predicted molar refractivity (Wildman–Crippen MR) is 54.6 cm³/mol. The fourth-order valence-corrected chi connectivity index (χ4v) is 1.57. The fraction of sp³-hybridized carbons (Fsp3) is 0.714. The van der Waals surface area contributed by atoms with Gasteiger partial charge >= 0.3 is 5.97 Å². The predicted octanol–water partition coefficient (Wildman–Crippen LogP) is 0.204. The number of nitrogens with zero attached hydrogens (tertiary/aromatic N) is 1. The summed E-state index contributed by atoms with van der Waals surface area (Å²) in [5.41, 5.74) is 10.3. The van der Waals surface area contributed by atoms with Gasteiger partial charge in [-0.25, -0.2) is 4.99 Å². The Hall–Kier alpha value is -0.910. The highest BCUT2D eigenvalue weighted by Crippen LogP contribution is 2.13. The van der Waals surface area contributed by atoms with Crippen molar-refractivity contribution in [1.29, 1.82) is 0 Å². The Balaban J connectivity index is 3.43. The van der Waals surface area contributed by atoms with Gasteiger partial charge in [-0.15, -0.1) is 11.8 Å². The summed E-state index contributed by atoms with van der Waals surface area (Å²) < 4.78 is 0. The van der Waals surface area contributed by atoms with Crippen LogP contribution in [-0.4, -0.2) is 28.2 Å². The van der Waals surface area contributed by atoms with E-state index in [-0.39, 0.29) is 17.8 Å². The first-order valence-electron chi connectivity index (χ1n) is 3.94. The Morgan fingerprint density at radius 2 is 2.23 bits per heavy atom. The lowest BCUT2D eigenvalue weighted by atomic mass is 10.3. The van der Waals surface area contributed by atoms with Crippen molar-refractivity contribution in [2.24, 2.45) is 16.5 Å². The van der Waals surface area contributed by atoms with Crippen molar-refractivity contribution in [1.82, 2.24) is 0 Å². The molecule has 0 radical (unpaired) electrons. The van der Waals surface area contributed by atoms with E-state index in [1.54, 1.807) is 0 Å². The van der Waals surface area contributed by atoms with Crippen molar-refractivity contribution in [3.05, 3.63) is 0 Å². The van der Waals surface area contributed by atoms with Crippen LogP contribution in [0, 0.1) is 0 Å². The summed E-state index contributed by atoms with van der Waals surface area (Å²) in [7, 11) is 0. The molecule has 0 aromatic heterocycles. The molecule has 0 fully saturated rings. The molecule has 5 N–H and O–H groups in total. The smallest absolute Gasteiger partial charge is 0.303 e. The molecule has 1 atom stereocenters. The molecule has 0 bridgehead atoms. The summed E-state index contributed by atoms with van der Waals surface area (Å²) in [5, 5.41) is 8.35. The van der Waals surface area contributed by atoms with Crippen molar-refractivity contribution >= 4 is 23.7 Å². The maximum absolute atomic E-state index is 10.1. The lowest BCUT2D eigenvalue weighted by Gasteiger charge is -2.04. The van der Waals surface area contributed by atoms with E-state index in [4.69, 9.17) is 16.6 Å². The van der Waals surface area contributed by atoms with Crippen LogP contribution >= 0.6 is 11.8 Å². The second-order valence-corrected chi connectivity index (χ2v) is 3.95. The van der Waals surface area contributed by atoms with Gasteiger partial charge in [0.15, 0.2) is 5.96 Å². The molecular weight excluding hydrogens is 190 g/mol. The van der Waals surface area contributed by atoms with Gasteiger partial charge < -0.3 is 16.6 Å². The van der Waals surface area contributed by atoms with Crippen LogP contribution < -0.4 is 11.5 Å². The van der Waals surface area contributed by atoms with Gasteiger partial charge in [0.2, 0.25) is 0 Å². The first-order chi connectivity index (χ1) is 6.02. The first kappa shape index (κ1) is 12.1. The molecule has 0 aliphatic heterocycles. The Morgan fingerprint density at radius 3 is 2.69 bits per heavy atom. The molecule has 0 saturated carbocycles. The number of carbonyl (C=O) groups is 1. The van der Waals surface area contributed by atoms with E-state index in [1.165, 1.54) is 11.8 Å². The number of hydrogen-bond acceptors (Lipinski definition) is 3. The zero-order chi connectivity index (χ0) is 10.3. The molecule has 0 aliphatic rings. The van der Waals surface area contributed by atoms with Crippen molar-refractivity contribution in [3.8, 4) is 0 Å². The molecule has 0 rings (SSSR count). The molecule has 0 spiro atoms. The lowest BCUT2D eigenvalue weighted by molar-refractivity contribution is -0.137. The van der Waals surface area contributed by atoms with Gasteiger partial charge in [-0.3, -0.25) is 4.79 Å². The standard InChI is InChI=1S/C7H15N3O2S/c1-5(10-7(8)9)13-4-2-3-6(11)12/h5H,2-4H2,1H3,(H,11,12)(H4,8,9,10). The van der Waals surface area contributed by atoms with Crippen LogP contribution in [0.1, 0.15) is 19.8 Å². The quantitative estimate of drug-likeness (QED) is 0.327. The maximum Gasteiger partial charge on any atom is 0.303 e. The third-order valence-electron chi connectivity index (χ3n) is 1.22. The number of carboxylic acids is 1. The summed E-state index contributed by atoms with van der Waals surface area (Å²) in [6, 6.07) is 0. The summed E-state index contributed by atoms with van der Waals surface area (Å²) in [5.74, 6) is 0.0536. The minimum atomic E-state index is -0.768. The summed E-state index contributed by atoms with van der Waals surface area (Å²) in [6.07, 6.45) is 0.839. The van der Waals surface area contributed by atoms with Crippen molar-refractivity contribution < 1.29 is 9.90 Å². The van der Waals surface area contributed by atoms with Crippen LogP contribution in [0.2, 0.25) is 0 Å². The van der Waals surface area contributed by atoms with Crippen molar-refractivity contribution in [2.75, 3.05) is 5.75 Å². The fourth-order valence-electron chi connectivity index (χ4n) is 0.724. The summed E-state index contributed by atoms with van der Waals surface area (Å²) >= 11 is 1.54. The maximum atomic E-state index is 10.1. The molecule has 1 unspecified atom stereocenters. The number of aliphatic imine (C=N–C) groups is 1. The molecule has 0 amide bonds. The monoisotopic (exact) mass is 205 g/mol. The second-order valence-electron chi connectivity index (χ2n) is 2.52. The van der Waals surface area contributed by atoms with Gasteiger partial charge in [-0.2, -0.15) is 0 Å². The minimum Gasteiger partial charge on any atom is -0.481 e. The molecule has 6 heteroatoms. The van der Waals surface area contributed by atoms with Crippen LogP contribution in [0.4, 0.5) is 0 Å². The minimum absolute atomic E-state index is 0.00112. The van der Waals surface area contributed by atoms with Gasteiger partial charge in [-0.05, 0) is 19.1 Å². The van der Waals surface area contributed by atoms with E-state index in [9.17, 15) is 4.79 Å². The van der Waals surface area contributed by atoms with Gasteiger partial charge in [0.1, 0.15) is 0 Å². The molecular formula is C7H15N3O2S. The van der Waals surface area contributed by atoms with Crippen LogP contribution in [0.3, 0.4) is 0 Å². The van der Waals surface area contributed by atoms with Gasteiger partial charge in [0.05, 0.1) is 5.37 Å². The van der Waals surface area contributed by atoms with Gasteiger partial charge in [0, 0.05) is 6.42 Å². The van der Waals surface area contributed by atoms with Crippen LogP contribution in [0.15, 0.2) is 4.99 Å². The summed E-state index contributed by atoms with van der Waals surface area (Å²) in [4.78, 5) is 14.0. The highest BCUT2D eigenvalue weighted by atomic mass is 32.2. The molecule has 5 nitrogen and oxygen atoms in total. The van der Waals surface area contributed by atoms with Crippen molar-refractivity contribution in [3.63, 3.8) is 0 Å². The highest BCUT2D eigenvalue weighted by molar-refractivity contribution is 7.99. The Bertz CT molecular complexity index is 192. The second kappa shape index (κ2) is 6.59. The van der Waals surface area contributed by atoms with E-state index in [2.05, 4.69) is 4.99 Å². The van der Waals surface area contributed by atoms with Crippen molar-refractivity contribution in [2.45, 2.75) is 25.1 Å². The number of rotatable bonds is 6. The Morgan fingerprint density at radius 1 is 1.62 bits per heavy atom. The van der Waals surface area contributed by atoms with Gasteiger partial charge in [0.25, 0.3) is 0 Å². The molecule has 13 heavy (non-hydrogen) atoms. The topological polar surface area (TPSA) is 102 Å². The zero-order valence-corrected chi connectivity index (χ0v) is 8.38. The van der Waals surface area contributed by atoms with Crippen LogP contribution in [0.5, 0.6) is 0 Å². The molecule has 76 valence electrons. The van der Waals surface area contributed by atoms with E-state index < -0.39 is 5.97 Å². The number of thioether (sulfide) groups is 1. The van der Waals surface area contributed by atoms with E-state index in [1.807, 2.05) is 6.92 Å². The largest absolute Gasteiger partial charge is 0.481 e. The van der Waals surface area contributed by atoms with Crippen LogP contribution in [0.25, 0.3) is 0 Å². The normalized spacial score (nSPS) is 12.1. The van der Waals surface area contributed by atoms with Crippen LogP contribution in [-0.2, 0) is 4.79 Å². The molecule has 0 aromatic carbocycles. The van der Waals surface area contributed by atoms with E-state index >= 15 is 0 Å². The summed E-state index contributed by atoms with van der Waals surface area (Å²) in [6.45, 7) is 1.87. The third kappa shape index (κ3) is 9.00. The average Bonchev–Trinajstić information content (AvgIpc) is 1.96. The zero-order valence-electron chi connectivity index (χ0n) is 7.56. The number of hydrogen-bond donors (Lipinski definition) is 3. The number of aliphatic carboxylic acids is 1.